The first kappa shape index (κ1) is 21.1. The van der Waals surface area contributed by atoms with Crippen molar-refractivity contribution in [1.29, 1.82) is 0 Å². The lowest BCUT2D eigenvalue weighted by atomic mass is 10.0. The SMILES string of the molecule is Cc1ccc(C)c(OCC(=O)OC(C)C(=O)Nc2ccccc2-c2ccccc2)c1. The van der Waals surface area contributed by atoms with Gasteiger partial charge in [-0.1, -0.05) is 60.7 Å². The van der Waals surface area contributed by atoms with Gasteiger partial charge in [-0.15, -0.1) is 0 Å². The van der Waals surface area contributed by atoms with Crippen LogP contribution < -0.4 is 10.1 Å². The number of anilines is 1. The van der Waals surface area contributed by atoms with E-state index in [9.17, 15) is 9.59 Å². The van der Waals surface area contributed by atoms with Gasteiger partial charge in [0.05, 0.1) is 0 Å². The molecule has 5 nitrogen and oxygen atoms in total. The Morgan fingerprint density at radius 2 is 1.63 bits per heavy atom. The van der Waals surface area contributed by atoms with Crippen LogP contribution in [0.3, 0.4) is 0 Å². The second kappa shape index (κ2) is 9.74. The smallest absolute Gasteiger partial charge is 0.344 e. The van der Waals surface area contributed by atoms with Crippen molar-refractivity contribution in [2.24, 2.45) is 0 Å². The topological polar surface area (TPSA) is 64.6 Å². The highest BCUT2D eigenvalue weighted by atomic mass is 16.6. The molecule has 0 radical (unpaired) electrons. The summed E-state index contributed by atoms with van der Waals surface area (Å²) in [5, 5.41) is 2.85. The van der Waals surface area contributed by atoms with Gasteiger partial charge in [-0.25, -0.2) is 4.79 Å². The van der Waals surface area contributed by atoms with E-state index < -0.39 is 18.0 Å². The van der Waals surface area contributed by atoms with Crippen LogP contribution >= 0.6 is 0 Å². The van der Waals surface area contributed by atoms with Crippen LogP contribution in [-0.4, -0.2) is 24.6 Å². The highest BCUT2D eigenvalue weighted by Crippen LogP contribution is 2.27. The molecule has 0 bridgehead atoms. The van der Waals surface area contributed by atoms with Gasteiger partial charge in [0.15, 0.2) is 12.7 Å². The number of benzene rings is 3. The Morgan fingerprint density at radius 3 is 2.40 bits per heavy atom. The Morgan fingerprint density at radius 1 is 0.933 bits per heavy atom. The fourth-order valence-corrected chi connectivity index (χ4v) is 2.98. The fourth-order valence-electron chi connectivity index (χ4n) is 2.98. The Hall–Kier alpha value is -3.60. The van der Waals surface area contributed by atoms with Crippen molar-refractivity contribution in [3.8, 4) is 16.9 Å². The lowest BCUT2D eigenvalue weighted by molar-refractivity contribution is -0.155. The molecule has 3 aromatic carbocycles. The molecule has 0 fully saturated rings. The van der Waals surface area contributed by atoms with E-state index in [2.05, 4.69) is 5.32 Å². The monoisotopic (exact) mass is 403 g/mol. The maximum Gasteiger partial charge on any atom is 0.344 e. The molecule has 1 amide bonds. The summed E-state index contributed by atoms with van der Waals surface area (Å²) < 4.78 is 10.8. The van der Waals surface area contributed by atoms with E-state index in [1.54, 1.807) is 0 Å². The van der Waals surface area contributed by atoms with Crippen molar-refractivity contribution in [3.05, 3.63) is 83.9 Å². The summed E-state index contributed by atoms with van der Waals surface area (Å²) >= 11 is 0. The quantitative estimate of drug-likeness (QED) is 0.569. The van der Waals surface area contributed by atoms with Gasteiger partial charge in [0.1, 0.15) is 5.75 Å². The lowest BCUT2D eigenvalue weighted by Gasteiger charge is -2.16. The number of carbonyl (C=O) groups is 2. The first-order chi connectivity index (χ1) is 14.4. The van der Waals surface area contributed by atoms with E-state index in [1.807, 2.05) is 86.6 Å². The highest BCUT2D eigenvalue weighted by Gasteiger charge is 2.19. The molecule has 0 spiro atoms. The van der Waals surface area contributed by atoms with Crippen LogP contribution in [0, 0.1) is 13.8 Å². The van der Waals surface area contributed by atoms with Gasteiger partial charge < -0.3 is 14.8 Å². The predicted octanol–water partition coefficient (Wildman–Crippen LogP) is 4.92. The second-order valence-corrected chi connectivity index (χ2v) is 7.09. The maximum atomic E-state index is 12.6. The molecule has 0 saturated carbocycles. The third-order valence-electron chi connectivity index (χ3n) is 4.64. The third-order valence-corrected chi connectivity index (χ3v) is 4.64. The molecule has 1 unspecified atom stereocenters. The molecule has 0 heterocycles. The van der Waals surface area contributed by atoms with Gasteiger partial charge in [-0.2, -0.15) is 0 Å². The summed E-state index contributed by atoms with van der Waals surface area (Å²) in [6.07, 6.45) is -0.955. The number of ether oxygens (including phenoxy) is 2. The molecule has 0 aliphatic rings. The third kappa shape index (κ3) is 5.47. The predicted molar refractivity (Wildman–Crippen MR) is 117 cm³/mol. The minimum Gasteiger partial charge on any atom is -0.482 e. The number of nitrogens with one attached hydrogen (secondary N) is 1. The molecule has 3 rings (SSSR count). The minimum atomic E-state index is -0.955. The van der Waals surface area contributed by atoms with E-state index in [0.717, 1.165) is 22.3 Å². The van der Waals surface area contributed by atoms with Crippen molar-refractivity contribution in [2.45, 2.75) is 26.9 Å². The lowest BCUT2D eigenvalue weighted by Crippen LogP contribution is -2.31. The van der Waals surface area contributed by atoms with Crippen LogP contribution in [-0.2, 0) is 14.3 Å². The van der Waals surface area contributed by atoms with Crippen molar-refractivity contribution < 1.29 is 19.1 Å². The summed E-state index contributed by atoms with van der Waals surface area (Å²) in [5.41, 5.74) is 4.50. The number of amides is 1. The van der Waals surface area contributed by atoms with Crippen molar-refractivity contribution in [1.82, 2.24) is 0 Å². The highest BCUT2D eigenvalue weighted by molar-refractivity contribution is 5.98. The molecule has 0 aromatic heterocycles. The Kier molecular flexibility index (Phi) is 6.86. The minimum absolute atomic E-state index is 0.261. The van der Waals surface area contributed by atoms with E-state index in [-0.39, 0.29) is 6.61 Å². The molecule has 0 aliphatic heterocycles. The molecule has 5 heteroatoms. The zero-order valence-electron chi connectivity index (χ0n) is 17.3. The summed E-state index contributed by atoms with van der Waals surface area (Å²) in [5.74, 6) is -0.380. The normalized spacial score (nSPS) is 11.4. The van der Waals surface area contributed by atoms with Crippen LogP contribution in [0.1, 0.15) is 18.1 Å². The number of aryl methyl sites for hydroxylation is 2. The molecule has 1 atom stereocenters. The molecule has 3 aromatic rings. The molecule has 154 valence electrons. The molecule has 1 N–H and O–H groups in total. The van der Waals surface area contributed by atoms with Crippen LogP contribution in [0.2, 0.25) is 0 Å². The average molecular weight is 403 g/mol. The van der Waals surface area contributed by atoms with Crippen LogP contribution in [0.25, 0.3) is 11.1 Å². The first-order valence-corrected chi connectivity index (χ1v) is 9.79. The van der Waals surface area contributed by atoms with E-state index in [1.165, 1.54) is 6.92 Å². The number of hydrogen-bond donors (Lipinski definition) is 1. The molecule has 30 heavy (non-hydrogen) atoms. The first-order valence-electron chi connectivity index (χ1n) is 9.79. The Bertz CT molecular complexity index is 1030. The summed E-state index contributed by atoms with van der Waals surface area (Å²) in [7, 11) is 0. The van der Waals surface area contributed by atoms with E-state index in [4.69, 9.17) is 9.47 Å². The van der Waals surface area contributed by atoms with Gasteiger partial charge in [0.25, 0.3) is 5.91 Å². The second-order valence-electron chi connectivity index (χ2n) is 7.09. The van der Waals surface area contributed by atoms with Gasteiger partial charge in [-0.05, 0) is 49.6 Å². The zero-order chi connectivity index (χ0) is 21.5. The van der Waals surface area contributed by atoms with Crippen LogP contribution in [0.5, 0.6) is 5.75 Å². The average Bonchev–Trinajstić information content (AvgIpc) is 2.75. The van der Waals surface area contributed by atoms with E-state index in [0.29, 0.717) is 11.4 Å². The van der Waals surface area contributed by atoms with Crippen molar-refractivity contribution >= 4 is 17.6 Å². The maximum absolute atomic E-state index is 12.6. The molecule has 0 saturated heterocycles. The van der Waals surface area contributed by atoms with E-state index >= 15 is 0 Å². The van der Waals surface area contributed by atoms with Gasteiger partial charge in [-0.3, -0.25) is 4.79 Å². The van der Waals surface area contributed by atoms with Crippen LogP contribution in [0.15, 0.2) is 72.8 Å². The van der Waals surface area contributed by atoms with Crippen molar-refractivity contribution in [2.75, 3.05) is 11.9 Å². The summed E-state index contributed by atoms with van der Waals surface area (Å²) in [6, 6.07) is 23.0. The number of rotatable bonds is 7. The van der Waals surface area contributed by atoms with Gasteiger partial charge in [0.2, 0.25) is 0 Å². The molecular formula is C25H25NO4. The van der Waals surface area contributed by atoms with Gasteiger partial charge >= 0.3 is 5.97 Å². The summed E-state index contributed by atoms with van der Waals surface area (Å²) in [6.45, 7) is 5.13. The standard InChI is InChI=1S/C25H25NO4/c1-17-13-14-18(2)23(15-17)29-16-24(27)30-19(3)25(28)26-22-12-8-7-11-21(22)20-9-5-4-6-10-20/h4-15,19H,16H2,1-3H3,(H,26,28). The van der Waals surface area contributed by atoms with Crippen molar-refractivity contribution in [3.63, 3.8) is 0 Å². The summed E-state index contributed by atoms with van der Waals surface area (Å²) in [4.78, 5) is 24.7. The number of carbonyl (C=O) groups excluding carboxylic acids is 2. The number of esters is 1. The number of para-hydroxylation sites is 1. The Balaban J connectivity index is 1.59. The largest absolute Gasteiger partial charge is 0.482 e. The molecular weight excluding hydrogens is 378 g/mol. The van der Waals surface area contributed by atoms with Crippen LogP contribution in [0.4, 0.5) is 5.69 Å². The zero-order valence-corrected chi connectivity index (χ0v) is 17.3. The van der Waals surface area contributed by atoms with Gasteiger partial charge in [0, 0.05) is 11.3 Å². The Labute approximate surface area is 176 Å². The fraction of sp³-hybridized carbons (Fsp3) is 0.200. The molecule has 0 aliphatic carbocycles. The number of hydrogen-bond acceptors (Lipinski definition) is 4.